The molecule has 3 aromatic rings. The zero-order valence-corrected chi connectivity index (χ0v) is 12.1. The maximum Gasteiger partial charge on any atom is 0.285 e. The Kier molecular flexibility index (Phi) is 3.83. The highest BCUT2D eigenvalue weighted by Gasteiger charge is 2.13. The third-order valence-corrected chi connectivity index (χ3v) is 3.88. The Bertz CT molecular complexity index is 843. The van der Waals surface area contributed by atoms with E-state index in [0.29, 0.717) is 21.9 Å². The summed E-state index contributed by atoms with van der Waals surface area (Å²) in [4.78, 5) is 21.5. The van der Waals surface area contributed by atoms with E-state index < -0.39 is 0 Å². The van der Waals surface area contributed by atoms with E-state index >= 15 is 0 Å². The molecular weight excluding hydrogens is 282 g/mol. The Morgan fingerprint density at radius 1 is 1.19 bits per heavy atom. The average molecular weight is 295 g/mol. The Balaban J connectivity index is 2.31. The predicted molar refractivity (Wildman–Crippen MR) is 86.1 cm³/mol. The number of hydrogen-bond donors (Lipinski definition) is 0. The van der Waals surface area contributed by atoms with Crippen molar-refractivity contribution < 1.29 is 0 Å². The van der Waals surface area contributed by atoms with E-state index in [4.69, 9.17) is 0 Å². The molecule has 0 spiro atoms. The van der Waals surface area contributed by atoms with Crippen molar-refractivity contribution >= 4 is 22.8 Å². The molecule has 21 heavy (non-hydrogen) atoms. The molecule has 0 amide bonds. The van der Waals surface area contributed by atoms with Gasteiger partial charge in [0.1, 0.15) is 0 Å². The standard InChI is InChI=1S/C16H13N3OS/c1-2-11-21-16-18-13-9-6-10-17-14(13)15(20)19(16)12-7-4-3-5-8-12/h2-10H,1,11H2. The third-order valence-electron chi connectivity index (χ3n) is 2.94. The van der Waals surface area contributed by atoms with E-state index in [-0.39, 0.29) is 5.56 Å². The lowest BCUT2D eigenvalue weighted by molar-refractivity contribution is 0.816. The molecule has 0 N–H and O–H groups in total. The van der Waals surface area contributed by atoms with Gasteiger partial charge in [0.2, 0.25) is 0 Å². The fourth-order valence-electron chi connectivity index (χ4n) is 2.03. The number of nitrogens with zero attached hydrogens (tertiary/aromatic N) is 3. The number of fused-ring (bicyclic) bond motifs is 1. The van der Waals surface area contributed by atoms with Crippen molar-refractivity contribution in [2.75, 3.05) is 5.75 Å². The van der Waals surface area contributed by atoms with Gasteiger partial charge in [0.25, 0.3) is 5.56 Å². The monoisotopic (exact) mass is 295 g/mol. The molecule has 0 radical (unpaired) electrons. The number of thioether (sulfide) groups is 1. The summed E-state index contributed by atoms with van der Waals surface area (Å²) in [5, 5.41) is 0.645. The molecular formula is C16H13N3OS. The molecule has 0 fully saturated rings. The first-order valence-corrected chi connectivity index (χ1v) is 7.46. The van der Waals surface area contributed by atoms with Gasteiger partial charge in [-0.15, -0.1) is 6.58 Å². The van der Waals surface area contributed by atoms with Gasteiger partial charge in [0, 0.05) is 11.9 Å². The lowest BCUT2D eigenvalue weighted by Crippen LogP contribution is -2.22. The molecule has 0 aliphatic rings. The van der Waals surface area contributed by atoms with Crippen LogP contribution in [0.5, 0.6) is 0 Å². The fourth-order valence-corrected chi connectivity index (χ4v) is 2.78. The highest BCUT2D eigenvalue weighted by atomic mass is 32.2. The molecule has 0 aliphatic carbocycles. The molecule has 0 saturated heterocycles. The predicted octanol–water partition coefficient (Wildman–Crippen LogP) is 3.06. The van der Waals surface area contributed by atoms with Crippen LogP contribution in [0.4, 0.5) is 0 Å². The first-order valence-electron chi connectivity index (χ1n) is 6.48. The summed E-state index contributed by atoms with van der Waals surface area (Å²) in [6, 6.07) is 13.1. The van der Waals surface area contributed by atoms with Crippen molar-refractivity contribution in [1.82, 2.24) is 14.5 Å². The smallest absolute Gasteiger partial charge is 0.266 e. The van der Waals surface area contributed by atoms with E-state index in [1.807, 2.05) is 30.3 Å². The van der Waals surface area contributed by atoms with Crippen LogP contribution in [0.25, 0.3) is 16.7 Å². The van der Waals surface area contributed by atoms with Crippen molar-refractivity contribution in [1.29, 1.82) is 0 Å². The summed E-state index contributed by atoms with van der Waals surface area (Å²) in [5.41, 5.74) is 1.62. The van der Waals surface area contributed by atoms with Gasteiger partial charge in [-0.25, -0.2) is 9.97 Å². The van der Waals surface area contributed by atoms with Crippen LogP contribution in [0.2, 0.25) is 0 Å². The molecule has 4 nitrogen and oxygen atoms in total. The highest BCUT2D eigenvalue weighted by Crippen LogP contribution is 2.20. The SMILES string of the molecule is C=CCSc1nc2cccnc2c(=O)n1-c1ccccc1. The minimum Gasteiger partial charge on any atom is -0.266 e. The molecule has 1 aromatic carbocycles. The second-order valence-corrected chi connectivity index (χ2v) is 5.33. The van der Waals surface area contributed by atoms with Crippen LogP contribution in [0.1, 0.15) is 0 Å². The van der Waals surface area contributed by atoms with Crippen molar-refractivity contribution in [3.63, 3.8) is 0 Å². The van der Waals surface area contributed by atoms with Gasteiger partial charge in [-0.1, -0.05) is 36.0 Å². The van der Waals surface area contributed by atoms with Gasteiger partial charge in [0.05, 0.1) is 11.2 Å². The molecule has 0 saturated carbocycles. The first kappa shape index (κ1) is 13.6. The molecule has 104 valence electrons. The molecule has 3 rings (SSSR count). The summed E-state index contributed by atoms with van der Waals surface area (Å²) in [6.07, 6.45) is 3.40. The Morgan fingerprint density at radius 2 is 2.00 bits per heavy atom. The molecule has 2 heterocycles. The van der Waals surface area contributed by atoms with Gasteiger partial charge >= 0.3 is 0 Å². The summed E-state index contributed by atoms with van der Waals surface area (Å²) >= 11 is 1.48. The van der Waals surface area contributed by atoms with Gasteiger partial charge in [-0.05, 0) is 24.3 Å². The number of pyridine rings is 1. The fraction of sp³-hybridized carbons (Fsp3) is 0.0625. The second kappa shape index (κ2) is 5.93. The summed E-state index contributed by atoms with van der Waals surface area (Å²) in [6.45, 7) is 3.71. The molecule has 0 bridgehead atoms. The summed E-state index contributed by atoms with van der Waals surface area (Å²) in [5.74, 6) is 0.686. The van der Waals surface area contributed by atoms with E-state index in [2.05, 4.69) is 16.5 Å². The van der Waals surface area contributed by atoms with E-state index in [0.717, 1.165) is 5.69 Å². The molecule has 0 atom stereocenters. The second-order valence-electron chi connectivity index (χ2n) is 4.34. The number of rotatable bonds is 4. The molecule has 5 heteroatoms. The van der Waals surface area contributed by atoms with Crippen molar-refractivity contribution in [3.05, 3.63) is 71.7 Å². The van der Waals surface area contributed by atoms with Crippen LogP contribution in [0.15, 0.2) is 71.3 Å². The van der Waals surface area contributed by atoms with Crippen LogP contribution >= 0.6 is 11.8 Å². The zero-order valence-electron chi connectivity index (χ0n) is 11.3. The van der Waals surface area contributed by atoms with E-state index in [9.17, 15) is 4.79 Å². The van der Waals surface area contributed by atoms with Gasteiger partial charge in [0.15, 0.2) is 10.7 Å². The quantitative estimate of drug-likeness (QED) is 0.422. The Labute approximate surface area is 126 Å². The van der Waals surface area contributed by atoms with Crippen LogP contribution in [0.3, 0.4) is 0 Å². The van der Waals surface area contributed by atoms with Crippen molar-refractivity contribution in [2.45, 2.75) is 5.16 Å². The van der Waals surface area contributed by atoms with Crippen LogP contribution in [0, 0.1) is 0 Å². The lowest BCUT2D eigenvalue weighted by Gasteiger charge is -2.11. The minimum atomic E-state index is -0.154. The summed E-state index contributed by atoms with van der Waals surface area (Å²) in [7, 11) is 0. The maximum absolute atomic E-state index is 12.7. The zero-order chi connectivity index (χ0) is 14.7. The molecule has 2 aromatic heterocycles. The van der Waals surface area contributed by atoms with Crippen LogP contribution in [-0.4, -0.2) is 20.3 Å². The molecule has 0 aliphatic heterocycles. The Morgan fingerprint density at radius 3 is 2.76 bits per heavy atom. The first-order chi connectivity index (χ1) is 10.3. The highest BCUT2D eigenvalue weighted by molar-refractivity contribution is 7.99. The topological polar surface area (TPSA) is 47.8 Å². The van der Waals surface area contributed by atoms with Gasteiger partial charge in [-0.3, -0.25) is 9.36 Å². The average Bonchev–Trinajstić information content (AvgIpc) is 2.54. The normalized spacial score (nSPS) is 10.7. The summed E-state index contributed by atoms with van der Waals surface area (Å²) < 4.78 is 1.60. The van der Waals surface area contributed by atoms with Crippen LogP contribution < -0.4 is 5.56 Å². The lowest BCUT2D eigenvalue weighted by atomic mass is 10.3. The Hall–Kier alpha value is -2.40. The third kappa shape index (κ3) is 2.60. The van der Waals surface area contributed by atoms with Crippen LogP contribution in [-0.2, 0) is 0 Å². The number of aromatic nitrogens is 3. The largest absolute Gasteiger partial charge is 0.285 e. The number of para-hydroxylation sites is 1. The van der Waals surface area contributed by atoms with Crippen molar-refractivity contribution in [2.24, 2.45) is 0 Å². The maximum atomic E-state index is 12.7. The van der Waals surface area contributed by atoms with E-state index in [1.165, 1.54) is 11.8 Å². The van der Waals surface area contributed by atoms with E-state index in [1.54, 1.807) is 29.0 Å². The molecule has 0 unspecified atom stereocenters. The van der Waals surface area contributed by atoms with Crippen molar-refractivity contribution in [3.8, 4) is 5.69 Å². The number of hydrogen-bond acceptors (Lipinski definition) is 4. The number of benzene rings is 1. The van der Waals surface area contributed by atoms with Gasteiger partial charge in [-0.2, -0.15) is 0 Å². The van der Waals surface area contributed by atoms with Gasteiger partial charge < -0.3 is 0 Å². The minimum absolute atomic E-state index is 0.154.